The quantitative estimate of drug-likeness (QED) is 0.422. The van der Waals surface area contributed by atoms with E-state index in [-0.39, 0.29) is 18.4 Å². The van der Waals surface area contributed by atoms with Crippen LogP contribution < -0.4 is 10.6 Å². The van der Waals surface area contributed by atoms with Crippen LogP contribution >= 0.6 is 23.4 Å². The van der Waals surface area contributed by atoms with Crippen LogP contribution in [0.15, 0.2) is 0 Å². The van der Waals surface area contributed by atoms with Gasteiger partial charge in [0.25, 0.3) is 0 Å². The van der Waals surface area contributed by atoms with Gasteiger partial charge in [0, 0.05) is 19.6 Å². The monoisotopic (exact) mass is 490 g/mol. The van der Waals surface area contributed by atoms with Gasteiger partial charge in [-0.25, -0.2) is 0 Å². The number of nitrogens with one attached hydrogen (secondary N) is 2. The number of hydrogen-bond donors (Lipinski definition) is 4. The summed E-state index contributed by atoms with van der Waals surface area (Å²) in [6, 6.07) is -0.880. The molecule has 0 aromatic carbocycles. The van der Waals surface area contributed by atoms with Gasteiger partial charge in [0.05, 0.1) is 29.7 Å². The Morgan fingerprint density at radius 3 is 2.59 bits per heavy atom. The number of aliphatic hydroxyl groups is 2. The van der Waals surface area contributed by atoms with Crippen molar-refractivity contribution in [2.24, 2.45) is 17.8 Å². The summed E-state index contributed by atoms with van der Waals surface area (Å²) in [6.45, 7) is 3.33. The smallest absolute Gasteiger partial charge is 0.240 e. The molecule has 9 heteroatoms. The summed E-state index contributed by atoms with van der Waals surface area (Å²) in [6.07, 6.45) is 7.21. The fraction of sp³-hybridized carbons (Fsp3) is 0.957. The zero-order chi connectivity index (χ0) is 22.8. The van der Waals surface area contributed by atoms with Gasteiger partial charge in [0.1, 0.15) is 17.6 Å². The van der Waals surface area contributed by atoms with E-state index in [0.29, 0.717) is 18.4 Å². The highest BCUT2D eigenvalue weighted by Gasteiger charge is 2.46. The van der Waals surface area contributed by atoms with Gasteiger partial charge in [0.15, 0.2) is 0 Å². The number of hydrogen-bond acceptors (Lipinski definition) is 7. The van der Waals surface area contributed by atoms with Crippen LogP contribution in [0.25, 0.3) is 0 Å². The maximum atomic E-state index is 13.3. The lowest BCUT2D eigenvalue weighted by molar-refractivity contribution is -0.148. The van der Waals surface area contributed by atoms with Gasteiger partial charge < -0.3 is 30.3 Å². The molecule has 7 nitrogen and oxygen atoms in total. The number of halogens is 1. The normalized spacial score (nSPS) is 42.8. The SMILES string of the molecule is CSC1O[C@H]([C@H](NC(=O)[C@H]2NC[C@@H]3C[C@@H](C4CCCC4)CCO[C@H]32)[C@H](C)Cl)C[C@@H](O)[C@H]1O. The Kier molecular flexibility index (Phi) is 8.68. The summed E-state index contributed by atoms with van der Waals surface area (Å²) in [7, 11) is 0. The molecule has 1 saturated carbocycles. The van der Waals surface area contributed by atoms with E-state index in [1.807, 2.05) is 13.2 Å². The molecule has 4 N–H and O–H groups in total. The molecule has 0 bridgehead atoms. The van der Waals surface area contributed by atoms with Crippen molar-refractivity contribution in [1.82, 2.24) is 10.6 Å². The highest BCUT2D eigenvalue weighted by molar-refractivity contribution is 7.99. The van der Waals surface area contributed by atoms with Gasteiger partial charge in [0.2, 0.25) is 5.91 Å². The minimum atomic E-state index is -0.951. The third kappa shape index (κ3) is 5.42. The van der Waals surface area contributed by atoms with Crippen LogP contribution in [0.2, 0.25) is 0 Å². The van der Waals surface area contributed by atoms with Gasteiger partial charge in [-0.1, -0.05) is 25.7 Å². The molecule has 4 fully saturated rings. The van der Waals surface area contributed by atoms with Crippen molar-refractivity contribution in [3.8, 4) is 0 Å². The first-order chi connectivity index (χ1) is 15.4. The molecule has 0 radical (unpaired) electrons. The molecular weight excluding hydrogens is 452 g/mol. The lowest BCUT2D eigenvalue weighted by Gasteiger charge is -2.41. The molecule has 3 saturated heterocycles. The first-order valence-electron chi connectivity index (χ1n) is 12.2. The lowest BCUT2D eigenvalue weighted by atomic mass is 9.81. The molecule has 184 valence electrons. The predicted octanol–water partition coefficient (Wildman–Crippen LogP) is 1.87. The molecule has 32 heavy (non-hydrogen) atoms. The zero-order valence-corrected chi connectivity index (χ0v) is 20.7. The molecule has 10 atom stereocenters. The van der Waals surface area contributed by atoms with Gasteiger partial charge in [-0.3, -0.25) is 4.79 Å². The van der Waals surface area contributed by atoms with Crippen molar-refractivity contribution in [2.45, 2.75) is 99.2 Å². The van der Waals surface area contributed by atoms with Crippen molar-refractivity contribution in [3.05, 3.63) is 0 Å². The van der Waals surface area contributed by atoms with Crippen molar-refractivity contribution in [3.63, 3.8) is 0 Å². The standard InChI is InChI=1S/C23H39ClN2O5S/c1-12(24)18(17-10-16(27)20(28)23(31-17)32-2)26-22(29)19-21-15(11-25-19)9-14(7-8-30-21)13-5-3-4-6-13/h12-21,23,25,27-28H,3-11H2,1-2H3,(H,26,29)/t12-,14-,15-,16+,17-,18+,19-,20+,21+,23?/m0/s1. The Morgan fingerprint density at radius 1 is 1.16 bits per heavy atom. The maximum Gasteiger partial charge on any atom is 0.240 e. The average molecular weight is 491 g/mol. The second-order valence-electron chi connectivity index (χ2n) is 10.1. The maximum absolute atomic E-state index is 13.3. The summed E-state index contributed by atoms with van der Waals surface area (Å²) in [5.74, 6) is 1.76. The summed E-state index contributed by atoms with van der Waals surface area (Å²) >= 11 is 7.80. The fourth-order valence-corrected chi connectivity index (χ4v) is 7.18. The van der Waals surface area contributed by atoms with Crippen LogP contribution in [-0.2, 0) is 14.3 Å². The van der Waals surface area contributed by atoms with Gasteiger partial charge in [-0.2, -0.15) is 0 Å². The fourth-order valence-electron chi connectivity index (χ4n) is 6.24. The van der Waals surface area contributed by atoms with E-state index < -0.39 is 41.2 Å². The highest BCUT2D eigenvalue weighted by atomic mass is 35.5. The van der Waals surface area contributed by atoms with E-state index in [9.17, 15) is 15.0 Å². The summed E-state index contributed by atoms with van der Waals surface area (Å²) < 4.78 is 12.2. The van der Waals surface area contributed by atoms with Crippen molar-refractivity contribution in [1.29, 1.82) is 0 Å². The number of thioether (sulfide) groups is 1. The molecule has 4 rings (SSSR count). The molecule has 0 spiro atoms. The van der Waals surface area contributed by atoms with Crippen LogP contribution in [0.5, 0.6) is 0 Å². The number of ether oxygens (including phenoxy) is 2. The van der Waals surface area contributed by atoms with Crippen molar-refractivity contribution < 1.29 is 24.5 Å². The van der Waals surface area contributed by atoms with E-state index in [1.54, 1.807) is 0 Å². The van der Waals surface area contributed by atoms with Crippen LogP contribution in [0.4, 0.5) is 0 Å². The van der Waals surface area contributed by atoms with Gasteiger partial charge >= 0.3 is 0 Å². The number of alkyl halides is 1. The summed E-state index contributed by atoms with van der Waals surface area (Å²) in [5.41, 5.74) is -0.551. The Balaban J connectivity index is 1.39. The number of aliphatic hydroxyl groups excluding tert-OH is 2. The molecule has 3 aliphatic heterocycles. The number of carbonyl (C=O) groups excluding carboxylic acids is 1. The first-order valence-corrected chi connectivity index (χ1v) is 13.9. The van der Waals surface area contributed by atoms with E-state index in [2.05, 4.69) is 10.6 Å². The highest BCUT2D eigenvalue weighted by Crippen LogP contribution is 2.40. The number of amides is 1. The molecule has 1 aliphatic carbocycles. The Morgan fingerprint density at radius 2 is 1.91 bits per heavy atom. The Hall–Kier alpha value is -0.0900. The topological polar surface area (TPSA) is 100 Å². The minimum Gasteiger partial charge on any atom is -0.390 e. The Labute approximate surface area is 200 Å². The minimum absolute atomic E-state index is 0.119. The van der Waals surface area contributed by atoms with E-state index in [0.717, 1.165) is 25.3 Å². The molecule has 0 aromatic rings. The second-order valence-corrected chi connectivity index (χ2v) is 11.7. The third-order valence-electron chi connectivity index (χ3n) is 8.04. The zero-order valence-electron chi connectivity index (χ0n) is 19.1. The van der Waals surface area contributed by atoms with Crippen LogP contribution in [0, 0.1) is 17.8 Å². The predicted molar refractivity (Wildman–Crippen MR) is 126 cm³/mol. The van der Waals surface area contributed by atoms with E-state index in [4.69, 9.17) is 21.1 Å². The van der Waals surface area contributed by atoms with E-state index >= 15 is 0 Å². The average Bonchev–Trinajstić information content (AvgIpc) is 3.39. The molecule has 4 aliphatic rings. The largest absolute Gasteiger partial charge is 0.390 e. The number of fused-ring (bicyclic) bond motifs is 1. The van der Waals surface area contributed by atoms with Crippen LogP contribution in [0.1, 0.15) is 51.9 Å². The molecule has 1 unspecified atom stereocenters. The summed E-state index contributed by atoms with van der Waals surface area (Å²) in [5, 5.41) is 26.5. The number of carbonyl (C=O) groups is 1. The lowest BCUT2D eigenvalue weighted by Crippen LogP contribution is -2.59. The van der Waals surface area contributed by atoms with Crippen molar-refractivity contribution in [2.75, 3.05) is 19.4 Å². The third-order valence-corrected chi connectivity index (χ3v) is 9.16. The Bertz CT molecular complexity index is 638. The molecule has 0 aromatic heterocycles. The summed E-state index contributed by atoms with van der Waals surface area (Å²) in [4.78, 5) is 13.3. The first kappa shape index (κ1) is 25.0. The van der Waals surface area contributed by atoms with Gasteiger partial charge in [-0.05, 0) is 43.8 Å². The van der Waals surface area contributed by atoms with Crippen molar-refractivity contribution >= 4 is 29.3 Å². The van der Waals surface area contributed by atoms with Crippen LogP contribution in [-0.4, -0.2) is 82.8 Å². The number of rotatable bonds is 6. The van der Waals surface area contributed by atoms with Crippen LogP contribution in [0.3, 0.4) is 0 Å². The van der Waals surface area contributed by atoms with Gasteiger partial charge in [-0.15, -0.1) is 23.4 Å². The van der Waals surface area contributed by atoms with E-state index in [1.165, 1.54) is 37.4 Å². The molecule has 3 heterocycles. The second kappa shape index (κ2) is 11.1. The molecular formula is C23H39ClN2O5S. The molecule has 1 amide bonds.